The topological polar surface area (TPSA) is 102 Å². The third-order valence-electron chi connectivity index (χ3n) is 6.25. The second-order valence-corrected chi connectivity index (χ2v) is 9.04. The van der Waals surface area contributed by atoms with Gasteiger partial charge < -0.3 is 14.6 Å². The minimum Gasteiger partial charge on any atom is -0.436 e. The average Bonchev–Trinajstić information content (AvgIpc) is 3.27. The molecule has 8 nitrogen and oxygen atoms in total. The lowest BCUT2D eigenvalue weighted by Crippen LogP contribution is -2.30. The summed E-state index contributed by atoms with van der Waals surface area (Å²) in [5, 5.41) is 14.6. The third-order valence-corrected chi connectivity index (χ3v) is 6.25. The Hall–Kier alpha value is -4.20. The fourth-order valence-electron chi connectivity index (χ4n) is 4.64. The van der Waals surface area contributed by atoms with E-state index in [-0.39, 0.29) is 11.3 Å². The van der Waals surface area contributed by atoms with Crippen LogP contribution in [0.25, 0.3) is 22.6 Å². The van der Waals surface area contributed by atoms with Gasteiger partial charge in [0.1, 0.15) is 11.2 Å². The van der Waals surface area contributed by atoms with E-state index >= 15 is 0 Å². The van der Waals surface area contributed by atoms with Crippen molar-refractivity contribution in [3.8, 4) is 11.5 Å². The maximum Gasteiger partial charge on any atom is 0.293 e. The Kier molecular flexibility index (Phi) is 5.94. The van der Waals surface area contributed by atoms with Crippen LogP contribution in [0.5, 0.6) is 0 Å². The van der Waals surface area contributed by atoms with Gasteiger partial charge in [0.15, 0.2) is 5.58 Å². The van der Waals surface area contributed by atoms with E-state index in [1.54, 1.807) is 30.3 Å². The molecule has 1 amide bonds. The van der Waals surface area contributed by atoms with Gasteiger partial charge in [-0.2, -0.15) is 0 Å². The van der Waals surface area contributed by atoms with Gasteiger partial charge in [0.25, 0.3) is 11.6 Å². The molecule has 0 atom stereocenters. The molecular weight excluding hydrogens is 444 g/mol. The van der Waals surface area contributed by atoms with Gasteiger partial charge in [0.05, 0.1) is 4.92 Å². The van der Waals surface area contributed by atoms with Crippen LogP contribution in [0.15, 0.2) is 59.0 Å². The van der Waals surface area contributed by atoms with Crippen LogP contribution < -0.4 is 10.2 Å². The summed E-state index contributed by atoms with van der Waals surface area (Å²) in [6, 6.07) is 16.0. The number of carbonyl (C=O) groups is 1. The SMILES string of the molecule is Cc1cc(C)cc(-c2nc3cc(NC(=O)c4ccc(N5CCCCC5)c([N+](=O)[O-])c4)ccc3o2)c1. The van der Waals surface area contributed by atoms with E-state index in [1.165, 1.54) is 6.07 Å². The van der Waals surface area contributed by atoms with Crippen LogP contribution >= 0.6 is 0 Å². The number of hydrogen-bond acceptors (Lipinski definition) is 6. The summed E-state index contributed by atoms with van der Waals surface area (Å²) in [6.45, 7) is 5.62. The summed E-state index contributed by atoms with van der Waals surface area (Å²) in [4.78, 5) is 30.9. The van der Waals surface area contributed by atoms with E-state index in [0.29, 0.717) is 28.4 Å². The van der Waals surface area contributed by atoms with Crippen molar-refractivity contribution in [2.24, 2.45) is 0 Å². The zero-order chi connectivity index (χ0) is 24.5. The number of anilines is 2. The van der Waals surface area contributed by atoms with Gasteiger partial charge in [-0.15, -0.1) is 0 Å². The lowest BCUT2D eigenvalue weighted by atomic mass is 10.1. The van der Waals surface area contributed by atoms with Crippen molar-refractivity contribution in [1.82, 2.24) is 4.98 Å². The molecule has 35 heavy (non-hydrogen) atoms. The predicted molar refractivity (Wildman–Crippen MR) is 136 cm³/mol. The van der Waals surface area contributed by atoms with Gasteiger partial charge in [-0.3, -0.25) is 14.9 Å². The Morgan fingerprint density at radius 1 is 1.00 bits per heavy atom. The maximum atomic E-state index is 12.9. The number of nitrogens with zero attached hydrogens (tertiary/aromatic N) is 3. The highest BCUT2D eigenvalue weighted by Gasteiger charge is 2.23. The molecule has 0 spiro atoms. The van der Waals surface area contributed by atoms with Gasteiger partial charge in [-0.1, -0.05) is 17.2 Å². The van der Waals surface area contributed by atoms with E-state index in [2.05, 4.69) is 16.4 Å². The smallest absolute Gasteiger partial charge is 0.293 e. The predicted octanol–water partition coefficient (Wildman–Crippen LogP) is 6.26. The zero-order valence-electron chi connectivity index (χ0n) is 19.7. The van der Waals surface area contributed by atoms with Crippen LogP contribution in [-0.4, -0.2) is 28.9 Å². The number of aromatic nitrogens is 1. The fraction of sp³-hybridized carbons (Fsp3) is 0.259. The molecule has 1 saturated heterocycles. The Labute approximate surface area is 202 Å². The van der Waals surface area contributed by atoms with Crippen LogP contribution in [0.1, 0.15) is 40.7 Å². The molecule has 1 aliphatic heterocycles. The van der Waals surface area contributed by atoms with E-state index in [4.69, 9.17) is 4.42 Å². The number of rotatable bonds is 5. The second kappa shape index (κ2) is 9.21. The first-order valence-corrected chi connectivity index (χ1v) is 11.7. The minimum absolute atomic E-state index is 0.0513. The molecule has 3 aromatic carbocycles. The van der Waals surface area contributed by atoms with Crippen molar-refractivity contribution in [3.05, 3.63) is 81.4 Å². The van der Waals surface area contributed by atoms with Crippen molar-refractivity contribution < 1.29 is 14.1 Å². The molecule has 0 saturated carbocycles. The minimum atomic E-state index is -0.421. The van der Waals surface area contributed by atoms with Crippen molar-refractivity contribution in [2.75, 3.05) is 23.3 Å². The molecule has 0 aliphatic carbocycles. The summed E-state index contributed by atoms with van der Waals surface area (Å²) in [6.07, 6.45) is 3.15. The molecule has 4 aromatic rings. The van der Waals surface area contributed by atoms with Crippen molar-refractivity contribution in [3.63, 3.8) is 0 Å². The van der Waals surface area contributed by atoms with Crippen molar-refractivity contribution >= 4 is 34.1 Å². The zero-order valence-corrected chi connectivity index (χ0v) is 19.7. The molecule has 5 rings (SSSR count). The lowest BCUT2D eigenvalue weighted by molar-refractivity contribution is -0.384. The summed E-state index contributed by atoms with van der Waals surface area (Å²) < 4.78 is 5.92. The largest absolute Gasteiger partial charge is 0.436 e. The molecule has 1 aromatic heterocycles. The van der Waals surface area contributed by atoms with Crippen LogP contribution in [0.2, 0.25) is 0 Å². The average molecular weight is 471 g/mol. The van der Waals surface area contributed by atoms with E-state index < -0.39 is 10.8 Å². The van der Waals surface area contributed by atoms with Gasteiger partial charge in [0, 0.05) is 36.0 Å². The number of hydrogen-bond donors (Lipinski definition) is 1. The summed E-state index contributed by atoms with van der Waals surface area (Å²) in [7, 11) is 0. The molecule has 8 heteroatoms. The molecule has 2 heterocycles. The molecule has 1 N–H and O–H groups in total. The second-order valence-electron chi connectivity index (χ2n) is 9.04. The highest BCUT2D eigenvalue weighted by atomic mass is 16.6. The highest BCUT2D eigenvalue weighted by Crippen LogP contribution is 2.32. The maximum absolute atomic E-state index is 12.9. The first-order valence-electron chi connectivity index (χ1n) is 11.7. The normalized spacial score (nSPS) is 13.7. The summed E-state index contributed by atoms with van der Waals surface area (Å²) >= 11 is 0. The number of fused-ring (bicyclic) bond motifs is 1. The third kappa shape index (κ3) is 4.73. The van der Waals surface area contributed by atoms with Gasteiger partial charge in [-0.25, -0.2) is 4.98 Å². The molecular formula is C27H26N4O4. The number of aryl methyl sites for hydroxylation is 2. The Morgan fingerprint density at radius 2 is 1.74 bits per heavy atom. The highest BCUT2D eigenvalue weighted by molar-refractivity contribution is 6.05. The number of nitro benzene ring substituents is 1. The van der Waals surface area contributed by atoms with Crippen molar-refractivity contribution in [1.29, 1.82) is 0 Å². The van der Waals surface area contributed by atoms with Gasteiger partial charge in [-0.05, 0) is 75.6 Å². The Bertz CT molecular complexity index is 1420. The Morgan fingerprint density at radius 3 is 2.46 bits per heavy atom. The van der Waals surface area contributed by atoms with E-state index in [0.717, 1.165) is 49.0 Å². The number of nitro groups is 1. The fourth-order valence-corrected chi connectivity index (χ4v) is 4.64. The quantitative estimate of drug-likeness (QED) is 0.273. The van der Waals surface area contributed by atoms with E-state index in [9.17, 15) is 14.9 Å². The lowest BCUT2D eigenvalue weighted by Gasteiger charge is -2.28. The molecule has 0 bridgehead atoms. The number of nitrogens with one attached hydrogen (secondary N) is 1. The van der Waals surface area contributed by atoms with Gasteiger partial charge in [0.2, 0.25) is 5.89 Å². The van der Waals surface area contributed by atoms with Crippen LogP contribution in [0, 0.1) is 24.0 Å². The summed E-state index contributed by atoms with van der Waals surface area (Å²) in [5.74, 6) is 0.0925. The van der Waals surface area contributed by atoms with Crippen LogP contribution in [-0.2, 0) is 0 Å². The number of piperidine rings is 1. The van der Waals surface area contributed by atoms with Crippen molar-refractivity contribution in [2.45, 2.75) is 33.1 Å². The molecule has 178 valence electrons. The molecule has 0 unspecified atom stereocenters. The monoisotopic (exact) mass is 470 g/mol. The first kappa shape index (κ1) is 22.6. The standard InChI is InChI=1S/C27H26N4O4/c1-17-12-18(2)14-20(13-17)27-29-22-16-21(7-9-25(22)35-27)28-26(32)19-6-8-23(24(15-19)31(33)34)30-10-4-3-5-11-30/h6-9,12-16H,3-5,10-11H2,1-2H3,(H,28,32). The molecule has 1 aliphatic rings. The number of carbonyl (C=O) groups excluding carboxylic acids is 1. The number of oxazole rings is 1. The number of benzene rings is 3. The first-order chi connectivity index (χ1) is 16.9. The Balaban J connectivity index is 1.39. The summed E-state index contributed by atoms with van der Waals surface area (Å²) in [5.41, 5.74) is 5.64. The van der Waals surface area contributed by atoms with Crippen LogP contribution in [0.3, 0.4) is 0 Å². The number of amides is 1. The van der Waals surface area contributed by atoms with Crippen LogP contribution in [0.4, 0.5) is 17.1 Å². The molecule has 0 radical (unpaired) electrons. The molecule has 1 fully saturated rings. The van der Waals surface area contributed by atoms with E-state index in [1.807, 2.05) is 30.9 Å². The van der Waals surface area contributed by atoms with Gasteiger partial charge >= 0.3 is 0 Å².